The van der Waals surface area contributed by atoms with Gasteiger partial charge in [-0.25, -0.2) is 0 Å². The third-order valence-corrected chi connectivity index (χ3v) is 3.40. The van der Waals surface area contributed by atoms with E-state index in [1.165, 1.54) is 19.3 Å². The van der Waals surface area contributed by atoms with Crippen molar-refractivity contribution in [3.05, 3.63) is 0 Å². The number of carbonyl (C=O) groups excluding carboxylic acids is 1. The van der Waals surface area contributed by atoms with Gasteiger partial charge in [0.05, 0.1) is 6.61 Å². The zero-order valence-electron chi connectivity index (χ0n) is 11.4. The minimum atomic E-state index is -0.885. The normalized spacial score (nSPS) is 26.0. The molecule has 4 heteroatoms. The number of likely N-dealkylation sites (tertiary alicyclic amines) is 1. The first kappa shape index (κ1) is 14.5. The maximum Gasteiger partial charge on any atom is 0.327 e. The molecule has 1 rings (SSSR count). The highest BCUT2D eigenvalue weighted by Crippen LogP contribution is 2.18. The van der Waals surface area contributed by atoms with Crippen molar-refractivity contribution in [2.75, 3.05) is 26.2 Å². The predicted octanol–water partition coefficient (Wildman–Crippen LogP) is 1.39. The second-order valence-corrected chi connectivity index (χ2v) is 5.45. The Balaban J connectivity index is 2.48. The highest BCUT2D eigenvalue weighted by Gasteiger charge is 2.32. The van der Waals surface area contributed by atoms with Crippen molar-refractivity contribution in [1.29, 1.82) is 0 Å². The van der Waals surface area contributed by atoms with Crippen LogP contribution in [0.4, 0.5) is 0 Å². The van der Waals surface area contributed by atoms with Crippen molar-refractivity contribution in [3.63, 3.8) is 0 Å². The Kier molecular flexibility index (Phi) is 5.40. The van der Waals surface area contributed by atoms with Crippen molar-refractivity contribution in [2.24, 2.45) is 11.7 Å². The number of esters is 1. The minimum absolute atomic E-state index is 0.294. The van der Waals surface area contributed by atoms with Crippen LogP contribution >= 0.6 is 0 Å². The van der Waals surface area contributed by atoms with Gasteiger partial charge in [-0.1, -0.05) is 6.92 Å². The summed E-state index contributed by atoms with van der Waals surface area (Å²) in [7, 11) is 0. The van der Waals surface area contributed by atoms with Gasteiger partial charge in [-0.05, 0) is 52.1 Å². The second-order valence-electron chi connectivity index (χ2n) is 5.45. The summed E-state index contributed by atoms with van der Waals surface area (Å²) in [4.78, 5) is 14.0. The van der Waals surface area contributed by atoms with E-state index in [2.05, 4.69) is 11.8 Å². The van der Waals surface area contributed by atoms with E-state index in [9.17, 15) is 4.79 Å². The minimum Gasteiger partial charge on any atom is -0.465 e. The SMILES string of the molecule is CCOC(=O)C(C)(N)CN1CCCC(C)CC1. The lowest BCUT2D eigenvalue weighted by Gasteiger charge is -2.29. The van der Waals surface area contributed by atoms with Gasteiger partial charge in [0.2, 0.25) is 0 Å². The molecule has 0 radical (unpaired) electrons. The van der Waals surface area contributed by atoms with Gasteiger partial charge in [0.15, 0.2) is 0 Å². The Morgan fingerprint density at radius 1 is 1.47 bits per heavy atom. The maximum atomic E-state index is 11.7. The summed E-state index contributed by atoms with van der Waals surface area (Å²) in [5.41, 5.74) is 5.16. The third-order valence-electron chi connectivity index (χ3n) is 3.40. The van der Waals surface area contributed by atoms with Crippen molar-refractivity contribution in [2.45, 2.75) is 45.6 Å². The molecule has 0 bridgehead atoms. The van der Waals surface area contributed by atoms with Crippen LogP contribution in [0, 0.1) is 5.92 Å². The Morgan fingerprint density at radius 2 is 2.18 bits per heavy atom. The van der Waals surface area contributed by atoms with E-state index < -0.39 is 5.54 Å². The maximum absolute atomic E-state index is 11.7. The van der Waals surface area contributed by atoms with Gasteiger partial charge in [0.25, 0.3) is 0 Å². The van der Waals surface area contributed by atoms with Crippen LogP contribution in [0.5, 0.6) is 0 Å². The molecule has 0 amide bonds. The van der Waals surface area contributed by atoms with E-state index in [1.807, 2.05) is 6.92 Å². The number of nitrogens with zero attached hydrogens (tertiary/aromatic N) is 1. The molecule has 1 heterocycles. The zero-order valence-corrected chi connectivity index (χ0v) is 11.4. The standard InChI is InChI=1S/C13H26N2O2/c1-4-17-12(16)13(3,14)10-15-8-5-6-11(2)7-9-15/h11H,4-10,14H2,1-3H3. The van der Waals surface area contributed by atoms with Crippen molar-refractivity contribution >= 4 is 5.97 Å². The zero-order chi connectivity index (χ0) is 12.9. The number of rotatable bonds is 4. The van der Waals surface area contributed by atoms with E-state index in [4.69, 9.17) is 10.5 Å². The molecule has 0 spiro atoms. The summed E-state index contributed by atoms with van der Waals surface area (Å²) >= 11 is 0. The Morgan fingerprint density at radius 3 is 2.82 bits per heavy atom. The quantitative estimate of drug-likeness (QED) is 0.757. The summed E-state index contributed by atoms with van der Waals surface area (Å²) < 4.78 is 5.01. The first-order valence-corrected chi connectivity index (χ1v) is 6.64. The molecule has 0 aromatic carbocycles. The van der Waals surface area contributed by atoms with Crippen molar-refractivity contribution in [3.8, 4) is 0 Å². The van der Waals surface area contributed by atoms with Crippen LogP contribution in [-0.2, 0) is 9.53 Å². The first-order chi connectivity index (χ1) is 7.95. The molecular weight excluding hydrogens is 216 g/mol. The molecule has 1 aliphatic heterocycles. The van der Waals surface area contributed by atoms with Crippen LogP contribution in [0.1, 0.15) is 40.0 Å². The van der Waals surface area contributed by atoms with E-state index >= 15 is 0 Å². The van der Waals surface area contributed by atoms with Gasteiger partial charge in [-0.15, -0.1) is 0 Å². The first-order valence-electron chi connectivity index (χ1n) is 6.64. The van der Waals surface area contributed by atoms with Crippen LogP contribution in [0.3, 0.4) is 0 Å². The number of carbonyl (C=O) groups is 1. The lowest BCUT2D eigenvalue weighted by molar-refractivity contribution is -0.149. The number of hydrogen-bond acceptors (Lipinski definition) is 4. The summed E-state index contributed by atoms with van der Waals surface area (Å²) in [6, 6.07) is 0. The molecule has 2 atom stereocenters. The molecule has 1 fully saturated rings. The van der Waals surface area contributed by atoms with E-state index in [0.29, 0.717) is 13.2 Å². The lowest BCUT2D eigenvalue weighted by atomic mass is 10.0. The van der Waals surface area contributed by atoms with Crippen LogP contribution in [0.25, 0.3) is 0 Å². The number of hydrogen-bond donors (Lipinski definition) is 1. The average molecular weight is 242 g/mol. The van der Waals surface area contributed by atoms with E-state index in [1.54, 1.807) is 6.92 Å². The fourth-order valence-corrected chi connectivity index (χ4v) is 2.31. The summed E-state index contributed by atoms with van der Waals surface area (Å²) in [6.45, 7) is 8.92. The molecule has 2 N–H and O–H groups in total. The Hall–Kier alpha value is -0.610. The highest BCUT2D eigenvalue weighted by atomic mass is 16.5. The number of ether oxygens (including phenoxy) is 1. The smallest absolute Gasteiger partial charge is 0.327 e. The fraction of sp³-hybridized carbons (Fsp3) is 0.923. The topological polar surface area (TPSA) is 55.6 Å². The molecule has 0 aliphatic carbocycles. The monoisotopic (exact) mass is 242 g/mol. The van der Waals surface area contributed by atoms with Crippen molar-refractivity contribution < 1.29 is 9.53 Å². The summed E-state index contributed by atoms with van der Waals surface area (Å²) in [5.74, 6) is 0.490. The van der Waals surface area contributed by atoms with Crippen LogP contribution in [-0.4, -0.2) is 42.6 Å². The van der Waals surface area contributed by atoms with E-state index in [-0.39, 0.29) is 5.97 Å². The lowest BCUT2D eigenvalue weighted by Crippen LogP contribution is -2.54. The van der Waals surface area contributed by atoms with Gasteiger partial charge in [-0.2, -0.15) is 0 Å². The fourth-order valence-electron chi connectivity index (χ4n) is 2.31. The largest absolute Gasteiger partial charge is 0.465 e. The van der Waals surface area contributed by atoms with Crippen LogP contribution in [0.15, 0.2) is 0 Å². The molecule has 2 unspecified atom stereocenters. The molecule has 0 aromatic rings. The van der Waals surface area contributed by atoms with Crippen LogP contribution < -0.4 is 5.73 Å². The third kappa shape index (κ3) is 4.64. The van der Waals surface area contributed by atoms with E-state index in [0.717, 1.165) is 19.0 Å². The molecule has 1 aliphatic rings. The predicted molar refractivity (Wildman–Crippen MR) is 68.7 cm³/mol. The molecule has 1 saturated heterocycles. The van der Waals surface area contributed by atoms with Crippen molar-refractivity contribution in [1.82, 2.24) is 4.90 Å². The molecule has 4 nitrogen and oxygen atoms in total. The summed E-state index contributed by atoms with van der Waals surface area (Å²) in [5, 5.41) is 0. The van der Waals surface area contributed by atoms with Crippen LogP contribution in [0.2, 0.25) is 0 Å². The van der Waals surface area contributed by atoms with Gasteiger partial charge < -0.3 is 15.4 Å². The van der Waals surface area contributed by atoms with Gasteiger partial charge >= 0.3 is 5.97 Å². The summed E-state index contributed by atoms with van der Waals surface area (Å²) in [6.07, 6.45) is 3.66. The Labute approximate surface area is 104 Å². The average Bonchev–Trinajstić information content (AvgIpc) is 2.44. The molecular formula is C13H26N2O2. The van der Waals surface area contributed by atoms with Gasteiger partial charge in [0, 0.05) is 6.54 Å². The second kappa shape index (κ2) is 6.36. The molecule has 0 aromatic heterocycles. The Bertz CT molecular complexity index is 254. The van der Waals surface area contributed by atoms with Gasteiger partial charge in [-0.3, -0.25) is 4.79 Å². The van der Waals surface area contributed by atoms with Gasteiger partial charge in [0.1, 0.15) is 5.54 Å². The highest BCUT2D eigenvalue weighted by molar-refractivity contribution is 5.80. The molecule has 0 saturated carbocycles. The molecule has 17 heavy (non-hydrogen) atoms. The number of nitrogens with two attached hydrogens (primary N) is 1. The molecule has 100 valence electrons.